The van der Waals surface area contributed by atoms with Crippen LogP contribution in [0.15, 0.2) is 49.1 Å². The predicted molar refractivity (Wildman–Crippen MR) is 105 cm³/mol. The molecule has 6 nitrogen and oxygen atoms in total. The number of rotatable bonds is 6. The molecule has 0 spiro atoms. The first kappa shape index (κ1) is 18.6. The fourth-order valence-electron chi connectivity index (χ4n) is 4.36. The third-order valence-corrected chi connectivity index (χ3v) is 5.80. The fraction of sp³-hybridized carbons (Fsp3) is 0.455. The topological polar surface area (TPSA) is 66.4 Å². The van der Waals surface area contributed by atoms with Crippen LogP contribution in [0.5, 0.6) is 0 Å². The van der Waals surface area contributed by atoms with Crippen LogP contribution in [0.3, 0.4) is 0 Å². The van der Waals surface area contributed by atoms with E-state index >= 15 is 0 Å². The van der Waals surface area contributed by atoms with Crippen molar-refractivity contribution >= 4 is 11.8 Å². The minimum absolute atomic E-state index is 0.0505. The zero-order chi connectivity index (χ0) is 19.3. The third-order valence-electron chi connectivity index (χ3n) is 5.80. The van der Waals surface area contributed by atoms with Crippen LogP contribution in [0.4, 0.5) is 0 Å². The molecule has 1 atom stereocenters. The SMILES string of the molecule is O=C(C1CC(=O)N(C2CCCC2)C1)N(Cc1ccncc1)Cc1cccnc1. The summed E-state index contributed by atoms with van der Waals surface area (Å²) in [6, 6.07) is 8.04. The van der Waals surface area contributed by atoms with Crippen molar-refractivity contribution in [3.63, 3.8) is 0 Å². The first-order chi connectivity index (χ1) is 13.7. The van der Waals surface area contributed by atoms with Gasteiger partial charge in [-0.2, -0.15) is 0 Å². The summed E-state index contributed by atoms with van der Waals surface area (Å²) >= 11 is 0. The van der Waals surface area contributed by atoms with E-state index in [9.17, 15) is 9.59 Å². The monoisotopic (exact) mass is 378 g/mol. The quantitative estimate of drug-likeness (QED) is 0.775. The number of carbonyl (C=O) groups is 2. The maximum absolute atomic E-state index is 13.4. The zero-order valence-electron chi connectivity index (χ0n) is 16.0. The molecular weight excluding hydrogens is 352 g/mol. The second-order valence-corrected chi connectivity index (χ2v) is 7.80. The maximum atomic E-state index is 13.4. The van der Waals surface area contributed by atoms with E-state index in [0.717, 1.165) is 24.0 Å². The number of aromatic nitrogens is 2. The Morgan fingerprint density at radius 3 is 2.50 bits per heavy atom. The summed E-state index contributed by atoms with van der Waals surface area (Å²) in [6.45, 7) is 1.55. The van der Waals surface area contributed by atoms with Crippen molar-refractivity contribution in [1.82, 2.24) is 19.8 Å². The van der Waals surface area contributed by atoms with Gasteiger partial charge in [0.2, 0.25) is 11.8 Å². The molecule has 0 N–H and O–H groups in total. The van der Waals surface area contributed by atoms with Gasteiger partial charge < -0.3 is 9.80 Å². The molecule has 2 fully saturated rings. The van der Waals surface area contributed by atoms with Gasteiger partial charge in [-0.05, 0) is 42.2 Å². The first-order valence-electron chi connectivity index (χ1n) is 10.1. The highest BCUT2D eigenvalue weighted by Crippen LogP contribution is 2.30. The van der Waals surface area contributed by atoms with Crippen LogP contribution in [0, 0.1) is 5.92 Å². The number of carbonyl (C=O) groups excluding carboxylic acids is 2. The van der Waals surface area contributed by atoms with Gasteiger partial charge in [0.05, 0.1) is 5.92 Å². The van der Waals surface area contributed by atoms with Gasteiger partial charge in [-0.25, -0.2) is 0 Å². The first-order valence-corrected chi connectivity index (χ1v) is 10.1. The van der Waals surface area contributed by atoms with Crippen molar-refractivity contribution in [3.05, 3.63) is 60.2 Å². The molecule has 1 aliphatic heterocycles. The highest BCUT2D eigenvalue weighted by atomic mass is 16.2. The standard InChI is InChI=1S/C22H26N4O2/c27-21-12-19(16-26(21)20-5-1-2-6-20)22(28)25(14-17-7-10-23-11-8-17)15-18-4-3-9-24-13-18/h3-4,7-11,13,19-20H,1-2,5-6,12,14-16H2. The lowest BCUT2D eigenvalue weighted by molar-refractivity contribution is -0.137. The van der Waals surface area contributed by atoms with Crippen molar-refractivity contribution in [2.75, 3.05) is 6.54 Å². The van der Waals surface area contributed by atoms with Crippen molar-refractivity contribution in [3.8, 4) is 0 Å². The van der Waals surface area contributed by atoms with Crippen LogP contribution >= 0.6 is 0 Å². The molecule has 0 radical (unpaired) electrons. The number of hydrogen-bond acceptors (Lipinski definition) is 4. The van der Waals surface area contributed by atoms with E-state index in [1.165, 1.54) is 12.8 Å². The van der Waals surface area contributed by atoms with Crippen LogP contribution in [0.2, 0.25) is 0 Å². The summed E-state index contributed by atoms with van der Waals surface area (Å²) < 4.78 is 0. The molecule has 3 heterocycles. The Labute approximate surface area is 165 Å². The van der Waals surface area contributed by atoms with Crippen LogP contribution in [0.1, 0.15) is 43.2 Å². The molecule has 1 aliphatic carbocycles. The smallest absolute Gasteiger partial charge is 0.228 e. The molecular formula is C22H26N4O2. The lowest BCUT2D eigenvalue weighted by Gasteiger charge is -2.27. The van der Waals surface area contributed by atoms with Crippen LogP contribution in [-0.4, -0.2) is 44.2 Å². The highest BCUT2D eigenvalue weighted by molar-refractivity contribution is 5.89. The van der Waals surface area contributed by atoms with Gasteiger partial charge in [0, 0.05) is 56.9 Å². The summed E-state index contributed by atoms with van der Waals surface area (Å²) in [7, 11) is 0. The molecule has 2 aromatic heterocycles. The van der Waals surface area contributed by atoms with E-state index in [2.05, 4.69) is 9.97 Å². The van der Waals surface area contributed by atoms with Crippen molar-refractivity contribution in [2.24, 2.45) is 5.92 Å². The third kappa shape index (κ3) is 4.21. The van der Waals surface area contributed by atoms with E-state index in [4.69, 9.17) is 0 Å². The normalized spacial score (nSPS) is 19.9. The molecule has 6 heteroatoms. The average Bonchev–Trinajstić information content (AvgIpc) is 3.38. The molecule has 1 saturated heterocycles. The molecule has 1 saturated carbocycles. The van der Waals surface area contributed by atoms with E-state index in [1.54, 1.807) is 24.8 Å². The van der Waals surface area contributed by atoms with Crippen molar-refractivity contribution < 1.29 is 9.59 Å². The van der Waals surface area contributed by atoms with Gasteiger partial charge in [-0.3, -0.25) is 19.6 Å². The van der Waals surface area contributed by atoms with Gasteiger partial charge in [0.15, 0.2) is 0 Å². The molecule has 2 aromatic rings. The van der Waals surface area contributed by atoms with E-state index in [0.29, 0.717) is 32.1 Å². The molecule has 4 rings (SSSR count). The lowest BCUT2D eigenvalue weighted by atomic mass is 10.1. The number of amides is 2. The van der Waals surface area contributed by atoms with Crippen LogP contribution in [0.25, 0.3) is 0 Å². The van der Waals surface area contributed by atoms with Gasteiger partial charge in [0.1, 0.15) is 0 Å². The van der Waals surface area contributed by atoms with Crippen LogP contribution in [-0.2, 0) is 22.7 Å². The number of pyridine rings is 2. The number of nitrogens with zero attached hydrogens (tertiary/aromatic N) is 4. The number of likely N-dealkylation sites (tertiary alicyclic amines) is 1. The van der Waals surface area contributed by atoms with Crippen LogP contribution < -0.4 is 0 Å². The predicted octanol–water partition coefficient (Wildman–Crippen LogP) is 2.80. The summed E-state index contributed by atoms with van der Waals surface area (Å²) in [5, 5.41) is 0. The fourth-order valence-corrected chi connectivity index (χ4v) is 4.36. The van der Waals surface area contributed by atoms with E-state index in [1.807, 2.05) is 34.1 Å². The van der Waals surface area contributed by atoms with Crippen molar-refractivity contribution in [1.29, 1.82) is 0 Å². The molecule has 0 bridgehead atoms. The largest absolute Gasteiger partial charge is 0.339 e. The Hall–Kier alpha value is -2.76. The molecule has 28 heavy (non-hydrogen) atoms. The Balaban J connectivity index is 1.50. The van der Waals surface area contributed by atoms with Gasteiger partial charge in [-0.1, -0.05) is 18.9 Å². The minimum Gasteiger partial charge on any atom is -0.339 e. The second kappa shape index (κ2) is 8.50. The lowest BCUT2D eigenvalue weighted by Crippen LogP contribution is -2.38. The number of hydrogen-bond donors (Lipinski definition) is 0. The molecule has 2 amide bonds. The van der Waals surface area contributed by atoms with E-state index in [-0.39, 0.29) is 17.7 Å². The van der Waals surface area contributed by atoms with Gasteiger partial charge >= 0.3 is 0 Å². The van der Waals surface area contributed by atoms with Crippen molar-refractivity contribution in [2.45, 2.75) is 51.2 Å². The Morgan fingerprint density at radius 2 is 1.79 bits per heavy atom. The van der Waals surface area contributed by atoms with E-state index < -0.39 is 0 Å². The molecule has 146 valence electrons. The summed E-state index contributed by atoms with van der Waals surface area (Å²) in [4.78, 5) is 38.0. The Morgan fingerprint density at radius 1 is 1.04 bits per heavy atom. The Bertz CT molecular complexity index is 764. The van der Waals surface area contributed by atoms with Gasteiger partial charge in [0.25, 0.3) is 0 Å². The second-order valence-electron chi connectivity index (χ2n) is 7.80. The highest BCUT2D eigenvalue weighted by Gasteiger charge is 2.40. The average molecular weight is 378 g/mol. The summed E-state index contributed by atoms with van der Waals surface area (Å²) in [6.07, 6.45) is 11.8. The Kier molecular flexibility index (Phi) is 5.65. The summed E-state index contributed by atoms with van der Waals surface area (Å²) in [5.74, 6) is -0.0726. The molecule has 2 aliphatic rings. The zero-order valence-corrected chi connectivity index (χ0v) is 16.0. The van der Waals surface area contributed by atoms with Gasteiger partial charge in [-0.15, -0.1) is 0 Å². The molecule has 1 unspecified atom stereocenters. The maximum Gasteiger partial charge on any atom is 0.228 e. The molecule has 0 aromatic carbocycles. The summed E-state index contributed by atoms with van der Waals surface area (Å²) in [5.41, 5.74) is 2.02. The minimum atomic E-state index is -0.258.